The zero-order chi connectivity index (χ0) is 20.4. The van der Waals surface area contributed by atoms with Gasteiger partial charge >= 0.3 is 6.18 Å². The van der Waals surface area contributed by atoms with E-state index >= 15 is 0 Å². The summed E-state index contributed by atoms with van der Waals surface area (Å²) < 4.78 is 40.2. The average molecular weight is 396 g/mol. The fraction of sp³-hybridized carbons (Fsp3) is 0.0952. The molecule has 4 aromatic rings. The maximum atomic E-state index is 12.8. The van der Waals surface area contributed by atoms with Crippen LogP contribution in [-0.4, -0.2) is 20.4 Å². The average Bonchev–Trinajstić information content (AvgIpc) is 3.06. The predicted molar refractivity (Wildman–Crippen MR) is 102 cm³/mol. The van der Waals surface area contributed by atoms with Gasteiger partial charge in [0.15, 0.2) is 0 Å². The zero-order valence-corrected chi connectivity index (χ0v) is 15.0. The van der Waals surface area contributed by atoms with Gasteiger partial charge in [0, 0.05) is 30.5 Å². The van der Waals surface area contributed by atoms with Crippen molar-refractivity contribution >= 4 is 22.5 Å². The Morgan fingerprint density at radius 1 is 1.00 bits per heavy atom. The van der Waals surface area contributed by atoms with E-state index in [1.807, 2.05) is 28.8 Å². The van der Waals surface area contributed by atoms with E-state index < -0.39 is 11.7 Å². The first-order valence-electron chi connectivity index (χ1n) is 8.72. The molecule has 0 radical (unpaired) electrons. The van der Waals surface area contributed by atoms with Crippen LogP contribution >= 0.6 is 0 Å². The highest BCUT2D eigenvalue weighted by Gasteiger charge is 2.29. The molecule has 2 aromatic heterocycles. The summed E-state index contributed by atoms with van der Waals surface area (Å²) in [6.45, 7) is 0.364. The molecule has 0 aliphatic carbocycles. The molecular formula is C21H15F3N4O. The standard InChI is InChI=1S/C21H15F3N4O/c22-21(23,24)16-7-5-14(6-8-16)11-28-12-18(17-3-1-2-4-19(17)28)27-20(29)15-9-25-13-26-10-15/h1-10,12-13H,11H2,(H,27,29). The van der Waals surface area contributed by atoms with E-state index in [4.69, 9.17) is 0 Å². The van der Waals surface area contributed by atoms with Crippen LogP contribution in [-0.2, 0) is 12.7 Å². The summed E-state index contributed by atoms with van der Waals surface area (Å²) in [6.07, 6.45) is 1.58. The van der Waals surface area contributed by atoms with Gasteiger partial charge in [0.05, 0.1) is 22.3 Å². The Balaban J connectivity index is 1.63. The molecule has 0 saturated heterocycles. The molecule has 0 atom stereocenters. The van der Waals surface area contributed by atoms with Gasteiger partial charge in [0.25, 0.3) is 5.91 Å². The van der Waals surface area contributed by atoms with Crippen LogP contribution in [0.2, 0.25) is 0 Å². The summed E-state index contributed by atoms with van der Waals surface area (Å²) in [5.41, 5.74) is 1.81. The summed E-state index contributed by atoms with van der Waals surface area (Å²) >= 11 is 0. The molecule has 1 N–H and O–H groups in total. The number of halogens is 3. The van der Waals surface area contributed by atoms with Crippen LogP contribution in [0.5, 0.6) is 0 Å². The second-order valence-electron chi connectivity index (χ2n) is 6.46. The number of amides is 1. The van der Waals surface area contributed by atoms with Crippen molar-refractivity contribution in [3.63, 3.8) is 0 Å². The van der Waals surface area contributed by atoms with Crippen molar-refractivity contribution in [1.82, 2.24) is 14.5 Å². The number of carbonyl (C=O) groups excluding carboxylic acids is 1. The number of hydrogen-bond acceptors (Lipinski definition) is 3. The third-order valence-corrected chi connectivity index (χ3v) is 4.49. The smallest absolute Gasteiger partial charge is 0.341 e. The lowest BCUT2D eigenvalue weighted by Crippen LogP contribution is -2.12. The monoisotopic (exact) mass is 396 g/mol. The molecule has 1 amide bonds. The van der Waals surface area contributed by atoms with Crippen LogP contribution in [0.3, 0.4) is 0 Å². The van der Waals surface area contributed by atoms with Crippen LogP contribution in [0.1, 0.15) is 21.5 Å². The molecule has 2 heterocycles. The van der Waals surface area contributed by atoms with Crippen molar-refractivity contribution < 1.29 is 18.0 Å². The van der Waals surface area contributed by atoms with Crippen LogP contribution in [0.4, 0.5) is 18.9 Å². The van der Waals surface area contributed by atoms with Gasteiger partial charge in [-0.3, -0.25) is 4.79 Å². The van der Waals surface area contributed by atoms with Crippen molar-refractivity contribution in [3.05, 3.63) is 90.1 Å². The second-order valence-corrected chi connectivity index (χ2v) is 6.46. The summed E-state index contributed by atoms with van der Waals surface area (Å²) in [6, 6.07) is 12.5. The minimum absolute atomic E-state index is 0.326. The normalized spacial score (nSPS) is 11.6. The third kappa shape index (κ3) is 3.96. The predicted octanol–water partition coefficient (Wildman–Crippen LogP) is 4.75. The van der Waals surface area contributed by atoms with Gasteiger partial charge in [0.1, 0.15) is 6.33 Å². The van der Waals surface area contributed by atoms with Crippen molar-refractivity contribution in [2.75, 3.05) is 5.32 Å². The number of anilines is 1. The highest BCUT2D eigenvalue weighted by atomic mass is 19.4. The highest BCUT2D eigenvalue weighted by Crippen LogP contribution is 2.30. The number of fused-ring (bicyclic) bond motifs is 1. The Bertz CT molecular complexity index is 1150. The molecule has 0 unspecified atom stereocenters. The molecule has 0 aliphatic heterocycles. The van der Waals surface area contributed by atoms with Gasteiger partial charge in [-0.2, -0.15) is 13.2 Å². The number of hydrogen-bond donors (Lipinski definition) is 1. The number of rotatable bonds is 4. The molecule has 4 rings (SSSR count). The molecule has 29 heavy (non-hydrogen) atoms. The van der Waals surface area contributed by atoms with Crippen molar-refractivity contribution in [3.8, 4) is 0 Å². The molecule has 0 spiro atoms. The Morgan fingerprint density at radius 3 is 2.38 bits per heavy atom. The first-order chi connectivity index (χ1) is 13.9. The fourth-order valence-electron chi connectivity index (χ4n) is 3.08. The van der Waals surface area contributed by atoms with Crippen LogP contribution in [0.25, 0.3) is 10.9 Å². The molecule has 146 valence electrons. The summed E-state index contributed by atoms with van der Waals surface area (Å²) in [7, 11) is 0. The van der Waals surface area contributed by atoms with E-state index in [0.717, 1.165) is 23.0 Å². The van der Waals surface area contributed by atoms with E-state index in [0.29, 0.717) is 23.4 Å². The molecule has 0 saturated carbocycles. The van der Waals surface area contributed by atoms with Crippen LogP contribution < -0.4 is 5.32 Å². The van der Waals surface area contributed by atoms with Gasteiger partial charge in [-0.05, 0) is 23.8 Å². The van der Waals surface area contributed by atoms with E-state index in [-0.39, 0.29) is 5.91 Å². The highest BCUT2D eigenvalue weighted by molar-refractivity contribution is 6.08. The minimum Gasteiger partial charge on any atom is -0.341 e. The van der Waals surface area contributed by atoms with Crippen molar-refractivity contribution in [1.29, 1.82) is 0 Å². The summed E-state index contributed by atoms with van der Waals surface area (Å²) in [5.74, 6) is -0.344. The topological polar surface area (TPSA) is 59.8 Å². The van der Waals surface area contributed by atoms with Crippen LogP contribution in [0, 0.1) is 0 Å². The lowest BCUT2D eigenvalue weighted by molar-refractivity contribution is -0.137. The lowest BCUT2D eigenvalue weighted by atomic mass is 10.1. The molecule has 0 fully saturated rings. The number of nitrogens with one attached hydrogen (secondary N) is 1. The Morgan fingerprint density at radius 2 is 1.69 bits per heavy atom. The molecule has 5 nitrogen and oxygen atoms in total. The Hall–Kier alpha value is -3.68. The van der Waals surface area contributed by atoms with Gasteiger partial charge in [-0.25, -0.2) is 9.97 Å². The third-order valence-electron chi connectivity index (χ3n) is 4.49. The lowest BCUT2D eigenvalue weighted by Gasteiger charge is -2.09. The van der Waals surface area contributed by atoms with E-state index in [2.05, 4.69) is 15.3 Å². The number of benzene rings is 2. The van der Waals surface area contributed by atoms with E-state index in [1.54, 1.807) is 6.20 Å². The molecule has 8 heteroatoms. The number of carbonyl (C=O) groups is 1. The molecule has 2 aromatic carbocycles. The summed E-state index contributed by atoms with van der Waals surface area (Å²) in [4.78, 5) is 20.1. The van der Waals surface area contributed by atoms with Gasteiger partial charge in [-0.1, -0.05) is 30.3 Å². The number of alkyl halides is 3. The Kier molecular flexibility index (Phi) is 4.75. The van der Waals surface area contributed by atoms with Gasteiger partial charge in [-0.15, -0.1) is 0 Å². The second kappa shape index (κ2) is 7.38. The van der Waals surface area contributed by atoms with Gasteiger partial charge < -0.3 is 9.88 Å². The maximum absolute atomic E-state index is 12.8. The summed E-state index contributed by atoms with van der Waals surface area (Å²) in [5, 5.41) is 3.67. The number of nitrogens with zero attached hydrogens (tertiary/aromatic N) is 3. The first-order valence-corrected chi connectivity index (χ1v) is 8.72. The first kappa shape index (κ1) is 18.7. The zero-order valence-electron chi connectivity index (χ0n) is 15.0. The number of para-hydroxylation sites is 1. The molecule has 0 bridgehead atoms. The largest absolute Gasteiger partial charge is 0.416 e. The van der Waals surface area contributed by atoms with Crippen molar-refractivity contribution in [2.24, 2.45) is 0 Å². The number of aromatic nitrogens is 3. The van der Waals surface area contributed by atoms with Gasteiger partial charge in [0.2, 0.25) is 0 Å². The SMILES string of the molecule is O=C(Nc1cn(Cc2ccc(C(F)(F)F)cc2)c2ccccc12)c1cncnc1. The Labute approximate surface area is 163 Å². The van der Waals surface area contributed by atoms with Crippen molar-refractivity contribution in [2.45, 2.75) is 12.7 Å². The van der Waals surface area contributed by atoms with E-state index in [1.165, 1.54) is 30.9 Å². The van der Waals surface area contributed by atoms with E-state index in [9.17, 15) is 18.0 Å². The minimum atomic E-state index is -4.36. The fourth-order valence-corrected chi connectivity index (χ4v) is 3.08. The maximum Gasteiger partial charge on any atom is 0.416 e. The molecular weight excluding hydrogens is 381 g/mol. The van der Waals surface area contributed by atoms with Crippen LogP contribution in [0.15, 0.2) is 73.4 Å². The molecule has 0 aliphatic rings. The quantitative estimate of drug-likeness (QED) is 0.542.